The van der Waals surface area contributed by atoms with Crippen LogP contribution in [0.25, 0.3) is 11.1 Å². The highest BCUT2D eigenvalue weighted by Crippen LogP contribution is 2.44. The number of amides is 3. The number of hydrogen-bond donors (Lipinski definition) is 3. The molecule has 0 radical (unpaired) electrons. The van der Waals surface area contributed by atoms with Gasteiger partial charge in [0, 0.05) is 26.7 Å². The lowest BCUT2D eigenvalue weighted by Gasteiger charge is -2.48. The van der Waals surface area contributed by atoms with Crippen molar-refractivity contribution in [2.75, 3.05) is 13.2 Å². The fourth-order valence-corrected chi connectivity index (χ4v) is 6.40. The van der Waals surface area contributed by atoms with Gasteiger partial charge in [-0.3, -0.25) is 19.3 Å². The number of carboxylic acid groups (broad SMARTS) is 1. The summed E-state index contributed by atoms with van der Waals surface area (Å²) in [6.07, 6.45) is -7.38. The van der Waals surface area contributed by atoms with Gasteiger partial charge in [-0.2, -0.15) is 0 Å². The average molecular weight is 654 g/mol. The summed E-state index contributed by atoms with van der Waals surface area (Å²) in [7, 11) is 0. The molecular formula is C32H35N3O12. The number of carboxylic acids is 1. The van der Waals surface area contributed by atoms with Crippen molar-refractivity contribution in [1.82, 2.24) is 15.5 Å². The van der Waals surface area contributed by atoms with E-state index in [2.05, 4.69) is 10.6 Å². The number of esters is 2. The molecule has 47 heavy (non-hydrogen) atoms. The van der Waals surface area contributed by atoms with Crippen LogP contribution in [0.3, 0.4) is 0 Å². The van der Waals surface area contributed by atoms with E-state index in [4.69, 9.17) is 23.7 Å². The Kier molecular flexibility index (Phi) is 9.65. The minimum absolute atomic E-state index is 0.0719. The van der Waals surface area contributed by atoms with Crippen LogP contribution < -0.4 is 10.6 Å². The van der Waals surface area contributed by atoms with Crippen molar-refractivity contribution in [3.63, 3.8) is 0 Å². The average Bonchev–Trinajstić information content (AvgIpc) is 3.55. The second-order valence-electron chi connectivity index (χ2n) is 11.4. The van der Waals surface area contributed by atoms with Gasteiger partial charge in [-0.1, -0.05) is 48.5 Å². The predicted octanol–water partition coefficient (Wildman–Crippen LogP) is 1.91. The molecule has 2 fully saturated rings. The van der Waals surface area contributed by atoms with Crippen LogP contribution in [0.5, 0.6) is 0 Å². The zero-order valence-electron chi connectivity index (χ0n) is 26.0. The molecule has 2 aromatic carbocycles. The van der Waals surface area contributed by atoms with E-state index in [1.165, 1.54) is 13.8 Å². The van der Waals surface area contributed by atoms with Crippen molar-refractivity contribution in [2.45, 2.75) is 76.3 Å². The molecular weight excluding hydrogens is 618 g/mol. The van der Waals surface area contributed by atoms with Crippen LogP contribution in [0, 0.1) is 0 Å². The molecule has 2 aromatic rings. The highest BCUT2D eigenvalue weighted by atomic mass is 16.6. The highest BCUT2D eigenvalue weighted by Gasteiger charge is 2.59. The molecule has 0 unspecified atom stereocenters. The minimum Gasteiger partial charge on any atom is -0.480 e. The van der Waals surface area contributed by atoms with Gasteiger partial charge in [0.25, 0.3) is 0 Å². The van der Waals surface area contributed by atoms with Crippen molar-refractivity contribution in [3.8, 4) is 11.1 Å². The summed E-state index contributed by atoms with van der Waals surface area (Å²) in [4.78, 5) is 75.7. The van der Waals surface area contributed by atoms with Crippen LogP contribution >= 0.6 is 0 Å². The maximum atomic E-state index is 13.0. The molecule has 3 N–H and O–H groups in total. The van der Waals surface area contributed by atoms with Gasteiger partial charge in [0.15, 0.2) is 24.5 Å². The normalized spacial score (nSPS) is 24.0. The number of alkyl carbamates (subject to hydrolysis) is 1. The van der Waals surface area contributed by atoms with Crippen LogP contribution in [0.4, 0.5) is 9.59 Å². The number of nitrogens with zero attached hydrogens (tertiary/aromatic N) is 1. The van der Waals surface area contributed by atoms with Gasteiger partial charge >= 0.3 is 30.1 Å². The Morgan fingerprint density at radius 1 is 0.936 bits per heavy atom. The lowest BCUT2D eigenvalue weighted by molar-refractivity contribution is -0.211. The Labute approximate surface area is 269 Å². The van der Waals surface area contributed by atoms with Crippen LogP contribution in [0.15, 0.2) is 48.5 Å². The number of cyclic esters (lactones) is 1. The van der Waals surface area contributed by atoms with E-state index in [1.807, 2.05) is 48.5 Å². The maximum Gasteiger partial charge on any atom is 0.412 e. The fourth-order valence-electron chi connectivity index (χ4n) is 6.40. The standard InChI is InChI=1S/C32H35N3O12/c1-15(25(30(39)40)34-31(41)43-13-23-21-11-7-5-9-19(21)20-10-6-8-12-22(20)23)45-29-26(33-16(2)36)28(47-18(4)38)27(46-17(3)37)24-14-44-32(42)35(24)29/h5-12,15,23-29H,13-14H2,1-4H3,(H,33,36)(H,34,41)(H,39,40)/t15-,24-,25+,26-,27+,28-,29-/m1/s1. The summed E-state index contributed by atoms with van der Waals surface area (Å²) >= 11 is 0. The highest BCUT2D eigenvalue weighted by molar-refractivity contribution is 5.81. The van der Waals surface area contributed by atoms with Gasteiger partial charge in [0.2, 0.25) is 5.91 Å². The number of hydrogen-bond acceptors (Lipinski definition) is 11. The zero-order valence-corrected chi connectivity index (χ0v) is 26.0. The third-order valence-electron chi connectivity index (χ3n) is 8.26. The SMILES string of the molecule is CC(=O)N[C@@H]1[C@@H](OC(C)=O)[C@@H](OC(C)=O)[C@H]2COC(=O)N2[C@@H]1O[C@H](C)[C@H](NC(=O)OCC1c2ccccc2-c2ccccc21)C(=O)O. The van der Waals surface area contributed by atoms with Crippen LogP contribution in [0.1, 0.15) is 44.7 Å². The monoisotopic (exact) mass is 653 g/mol. The topological polar surface area (TPSA) is 196 Å². The lowest BCUT2D eigenvalue weighted by atomic mass is 9.90. The Hall–Kier alpha value is -5.18. The van der Waals surface area contributed by atoms with E-state index in [0.29, 0.717) is 0 Å². The molecule has 1 aliphatic carbocycles. The van der Waals surface area contributed by atoms with Crippen molar-refractivity contribution in [1.29, 1.82) is 0 Å². The van der Waals surface area contributed by atoms with Crippen LogP contribution in [0.2, 0.25) is 0 Å². The number of fused-ring (bicyclic) bond motifs is 4. The van der Waals surface area contributed by atoms with E-state index < -0.39 is 78.7 Å². The number of benzene rings is 2. The molecule has 3 aliphatic rings. The molecule has 0 spiro atoms. The molecule has 0 bridgehead atoms. The third kappa shape index (κ3) is 6.84. The van der Waals surface area contributed by atoms with E-state index in [9.17, 15) is 33.9 Å². The number of carbonyl (C=O) groups excluding carboxylic acids is 5. The molecule has 250 valence electrons. The van der Waals surface area contributed by atoms with Crippen molar-refractivity contribution in [2.24, 2.45) is 0 Å². The number of rotatable bonds is 10. The number of nitrogens with one attached hydrogen (secondary N) is 2. The van der Waals surface area contributed by atoms with E-state index in [1.54, 1.807) is 0 Å². The molecule has 15 heteroatoms. The number of piperidine rings is 1. The first-order valence-electron chi connectivity index (χ1n) is 14.9. The van der Waals surface area contributed by atoms with Crippen molar-refractivity contribution < 1.29 is 57.6 Å². The first-order chi connectivity index (χ1) is 22.4. The van der Waals surface area contributed by atoms with E-state index >= 15 is 0 Å². The summed E-state index contributed by atoms with van der Waals surface area (Å²) in [5, 5.41) is 15.0. The number of carbonyl (C=O) groups is 6. The summed E-state index contributed by atoms with van der Waals surface area (Å²) in [5.41, 5.74) is 3.97. The van der Waals surface area contributed by atoms with Gasteiger partial charge in [0.1, 0.15) is 25.3 Å². The van der Waals surface area contributed by atoms with E-state index in [0.717, 1.165) is 41.0 Å². The molecule has 7 atom stereocenters. The summed E-state index contributed by atoms with van der Waals surface area (Å²) in [6, 6.07) is 11.4. The Balaban J connectivity index is 1.35. The quantitative estimate of drug-likeness (QED) is 0.249. The predicted molar refractivity (Wildman–Crippen MR) is 160 cm³/mol. The summed E-state index contributed by atoms with van der Waals surface area (Å²) in [5.74, 6) is -3.90. The molecule has 0 saturated carbocycles. The second-order valence-corrected chi connectivity index (χ2v) is 11.4. The minimum atomic E-state index is -1.70. The Bertz CT molecular complexity index is 1530. The van der Waals surface area contributed by atoms with Crippen molar-refractivity contribution in [3.05, 3.63) is 59.7 Å². The summed E-state index contributed by atoms with van der Waals surface area (Å²) in [6.45, 7) is 4.38. The van der Waals surface area contributed by atoms with Gasteiger partial charge in [-0.25, -0.2) is 14.4 Å². The number of ether oxygens (including phenoxy) is 5. The van der Waals surface area contributed by atoms with Crippen molar-refractivity contribution >= 4 is 36.0 Å². The second kappa shape index (κ2) is 13.7. The third-order valence-corrected chi connectivity index (χ3v) is 8.26. The maximum absolute atomic E-state index is 13.0. The summed E-state index contributed by atoms with van der Waals surface area (Å²) < 4.78 is 27.7. The first kappa shape index (κ1) is 33.2. The first-order valence-corrected chi connectivity index (χ1v) is 14.9. The Morgan fingerprint density at radius 2 is 1.51 bits per heavy atom. The molecule has 2 saturated heterocycles. The molecule has 15 nitrogen and oxygen atoms in total. The molecule has 0 aromatic heterocycles. The molecule has 3 amide bonds. The Morgan fingerprint density at radius 3 is 2.06 bits per heavy atom. The number of aliphatic carboxylic acids is 1. The van der Waals surface area contributed by atoms with Gasteiger partial charge < -0.3 is 39.4 Å². The van der Waals surface area contributed by atoms with Gasteiger partial charge in [0.05, 0.1) is 6.10 Å². The molecule has 2 heterocycles. The fraction of sp³-hybridized carbons (Fsp3) is 0.438. The van der Waals surface area contributed by atoms with Gasteiger partial charge in [-0.15, -0.1) is 0 Å². The smallest absolute Gasteiger partial charge is 0.412 e. The zero-order chi connectivity index (χ0) is 34.0. The van der Waals surface area contributed by atoms with Crippen LogP contribution in [-0.2, 0) is 42.9 Å². The van der Waals surface area contributed by atoms with E-state index in [-0.39, 0.29) is 19.1 Å². The molecule has 5 rings (SSSR count). The lowest BCUT2D eigenvalue weighted by Crippen LogP contribution is -2.72. The molecule has 2 aliphatic heterocycles. The largest absolute Gasteiger partial charge is 0.480 e. The van der Waals surface area contributed by atoms with Crippen LogP contribution in [-0.4, -0.2) is 102 Å². The van der Waals surface area contributed by atoms with Gasteiger partial charge in [-0.05, 0) is 29.2 Å².